The van der Waals surface area contributed by atoms with Crippen molar-refractivity contribution >= 4 is 20.6 Å². The summed E-state index contributed by atoms with van der Waals surface area (Å²) in [4.78, 5) is 23.1. The highest BCUT2D eigenvalue weighted by Crippen LogP contribution is 2.19. The molecule has 0 radical (unpaired) electrons. The van der Waals surface area contributed by atoms with Gasteiger partial charge in [0.25, 0.3) is 0 Å². The van der Waals surface area contributed by atoms with E-state index in [0.717, 1.165) is 0 Å². The Labute approximate surface area is 156 Å². The molecule has 1 atom stereocenters. The first-order chi connectivity index (χ1) is 12.3. The molecule has 0 aliphatic rings. The predicted octanol–water partition coefficient (Wildman–Crippen LogP) is 0.630. The molecule has 0 saturated heterocycles. The van der Waals surface area contributed by atoms with E-state index in [2.05, 4.69) is 10.6 Å². The van der Waals surface area contributed by atoms with Gasteiger partial charge in [-0.15, -0.1) is 0 Å². The van der Waals surface area contributed by atoms with Gasteiger partial charge in [-0.05, 0) is 32.7 Å². The number of nitrogens with one attached hydrogen (secondary N) is 2. The summed E-state index contributed by atoms with van der Waals surface area (Å²) in [6.07, 6.45) is 1.20. The van der Waals surface area contributed by atoms with E-state index >= 15 is 0 Å². The molecule has 26 heavy (non-hydrogen) atoms. The SMILES string of the molecule is CCO[Si](CCCNC(=O)NCCOC(=O)C(C)CC)(OCC)C(O)O. The van der Waals surface area contributed by atoms with Gasteiger partial charge in [0, 0.05) is 19.8 Å². The van der Waals surface area contributed by atoms with Gasteiger partial charge < -0.3 is 34.4 Å². The lowest BCUT2D eigenvalue weighted by Crippen LogP contribution is -2.54. The fraction of sp³-hybridized carbons (Fsp3) is 0.875. The number of rotatable bonds is 14. The van der Waals surface area contributed by atoms with Crippen molar-refractivity contribution in [1.82, 2.24) is 10.6 Å². The molecule has 4 N–H and O–H groups in total. The normalized spacial score (nSPS) is 12.7. The lowest BCUT2D eigenvalue weighted by atomic mass is 10.1. The minimum Gasteiger partial charge on any atom is -0.464 e. The zero-order valence-corrected chi connectivity index (χ0v) is 17.2. The van der Waals surface area contributed by atoms with Gasteiger partial charge in [0.2, 0.25) is 0 Å². The van der Waals surface area contributed by atoms with Crippen molar-refractivity contribution in [2.24, 2.45) is 5.92 Å². The van der Waals surface area contributed by atoms with E-state index in [9.17, 15) is 19.8 Å². The molecule has 0 bridgehead atoms. The fourth-order valence-corrected chi connectivity index (χ4v) is 4.75. The fourth-order valence-electron chi connectivity index (χ4n) is 2.18. The maximum Gasteiger partial charge on any atom is 0.395 e. The van der Waals surface area contributed by atoms with Crippen LogP contribution in [0.4, 0.5) is 4.79 Å². The molecule has 0 aliphatic heterocycles. The molecule has 0 aromatic carbocycles. The quantitative estimate of drug-likeness (QED) is 0.147. The number of ether oxygens (including phenoxy) is 1. The summed E-state index contributed by atoms with van der Waals surface area (Å²) < 4.78 is 16.0. The van der Waals surface area contributed by atoms with Crippen molar-refractivity contribution < 1.29 is 33.4 Å². The van der Waals surface area contributed by atoms with Crippen molar-refractivity contribution in [2.45, 2.75) is 52.5 Å². The second-order valence-electron chi connectivity index (χ2n) is 5.81. The molecular weight excluding hydrogens is 360 g/mol. The molecule has 10 heteroatoms. The average Bonchev–Trinajstić information content (AvgIpc) is 2.61. The van der Waals surface area contributed by atoms with E-state index in [1.807, 2.05) is 6.92 Å². The zero-order valence-electron chi connectivity index (χ0n) is 16.2. The Bertz CT molecular complexity index is 404. The van der Waals surface area contributed by atoms with Crippen LogP contribution in [-0.4, -0.2) is 69.6 Å². The monoisotopic (exact) mass is 394 g/mol. The summed E-state index contributed by atoms with van der Waals surface area (Å²) in [6.45, 7) is 8.56. The van der Waals surface area contributed by atoms with Crippen molar-refractivity contribution in [1.29, 1.82) is 0 Å². The number of carbonyl (C=O) groups is 2. The number of aliphatic hydroxyl groups is 2. The zero-order chi connectivity index (χ0) is 20.0. The van der Waals surface area contributed by atoms with Crippen LogP contribution in [0.5, 0.6) is 0 Å². The number of aliphatic hydroxyl groups excluding tert-OH is 1. The summed E-state index contributed by atoms with van der Waals surface area (Å²) >= 11 is 0. The van der Waals surface area contributed by atoms with E-state index in [-0.39, 0.29) is 31.1 Å². The Morgan fingerprint density at radius 1 is 1.04 bits per heavy atom. The number of hydrogen-bond donors (Lipinski definition) is 4. The maximum atomic E-state index is 11.7. The number of hydrogen-bond acceptors (Lipinski definition) is 7. The molecule has 0 saturated carbocycles. The minimum absolute atomic E-state index is 0.123. The topological polar surface area (TPSA) is 126 Å². The van der Waals surface area contributed by atoms with E-state index in [0.29, 0.717) is 38.6 Å². The molecule has 0 aliphatic carbocycles. The van der Waals surface area contributed by atoms with Crippen LogP contribution in [0.3, 0.4) is 0 Å². The van der Waals surface area contributed by atoms with Crippen LogP contribution in [-0.2, 0) is 18.4 Å². The van der Waals surface area contributed by atoms with Crippen LogP contribution in [0.2, 0.25) is 6.04 Å². The Kier molecular flexibility index (Phi) is 13.3. The van der Waals surface area contributed by atoms with Gasteiger partial charge in [-0.3, -0.25) is 4.79 Å². The third-order valence-electron chi connectivity index (χ3n) is 3.80. The van der Waals surface area contributed by atoms with E-state index in [1.165, 1.54) is 0 Å². The van der Waals surface area contributed by atoms with Gasteiger partial charge in [-0.25, -0.2) is 4.79 Å². The first kappa shape index (κ1) is 24.8. The highest BCUT2D eigenvalue weighted by Gasteiger charge is 2.44. The van der Waals surface area contributed by atoms with E-state index in [4.69, 9.17) is 13.6 Å². The Morgan fingerprint density at radius 2 is 1.62 bits per heavy atom. The van der Waals surface area contributed by atoms with Crippen molar-refractivity contribution in [3.05, 3.63) is 0 Å². The number of carbonyl (C=O) groups excluding carboxylic acids is 2. The molecule has 0 heterocycles. The first-order valence-corrected chi connectivity index (χ1v) is 11.2. The van der Waals surface area contributed by atoms with Gasteiger partial charge in [-0.2, -0.15) is 0 Å². The molecule has 1 unspecified atom stereocenters. The second kappa shape index (κ2) is 13.9. The summed E-state index contributed by atoms with van der Waals surface area (Å²) in [5.41, 5.74) is 0. The van der Waals surface area contributed by atoms with Crippen LogP contribution in [0.15, 0.2) is 0 Å². The molecule has 0 fully saturated rings. The van der Waals surface area contributed by atoms with Crippen LogP contribution in [0.25, 0.3) is 0 Å². The van der Waals surface area contributed by atoms with Crippen molar-refractivity contribution in [3.63, 3.8) is 0 Å². The Hall–Kier alpha value is -1.20. The number of amides is 2. The summed E-state index contributed by atoms with van der Waals surface area (Å²) in [5, 5.41) is 24.5. The lowest BCUT2D eigenvalue weighted by Gasteiger charge is -2.31. The third kappa shape index (κ3) is 9.48. The van der Waals surface area contributed by atoms with Crippen molar-refractivity contribution in [3.8, 4) is 0 Å². The molecule has 0 spiro atoms. The molecule has 9 nitrogen and oxygen atoms in total. The molecule has 0 aromatic heterocycles. The van der Waals surface area contributed by atoms with Crippen LogP contribution in [0.1, 0.15) is 40.5 Å². The third-order valence-corrected chi connectivity index (χ3v) is 7.20. The highest BCUT2D eigenvalue weighted by atomic mass is 28.4. The number of esters is 1. The summed E-state index contributed by atoms with van der Waals surface area (Å²) in [7, 11) is -3.12. The van der Waals surface area contributed by atoms with Crippen LogP contribution in [0, 0.1) is 5.92 Å². The first-order valence-electron chi connectivity index (χ1n) is 9.15. The Balaban J connectivity index is 4.04. The largest absolute Gasteiger partial charge is 0.464 e. The van der Waals surface area contributed by atoms with Gasteiger partial charge in [0.15, 0.2) is 5.91 Å². The summed E-state index contributed by atoms with van der Waals surface area (Å²) in [5.74, 6) is -2.06. The minimum atomic E-state index is -3.12. The summed E-state index contributed by atoms with van der Waals surface area (Å²) in [6, 6.07) is -0.0340. The maximum absolute atomic E-state index is 11.7. The molecule has 2 amide bonds. The molecular formula is C16H34N2O7Si. The van der Waals surface area contributed by atoms with Gasteiger partial charge in [0.05, 0.1) is 12.5 Å². The predicted molar refractivity (Wildman–Crippen MR) is 98.5 cm³/mol. The number of urea groups is 1. The standard InChI is InChI=1S/C16H34N2O7Si/c1-5-13(4)14(19)23-11-10-18-15(20)17-9-8-12-26(16(21)22,24-6-2)25-7-3/h13,16,21-22H,5-12H2,1-4H3,(H2,17,18,20). The molecule has 154 valence electrons. The van der Waals surface area contributed by atoms with Gasteiger partial charge >= 0.3 is 20.6 Å². The van der Waals surface area contributed by atoms with Crippen molar-refractivity contribution in [2.75, 3.05) is 32.9 Å². The second-order valence-corrected chi connectivity index (χ2v) is 9.03. The van der Waals surface area contributed by atoms with Crippen LogP contribution < -0.4 is 10.6 Å². The van der Waals surface area contributed by atoms with E-state index in [1.54, 1.807) is 20.8 Å². The molecule has 0 aromatic rings. The Morgan fingerprint density at radius 3 is 2.12 bits per heavy atom. The average molecular weight is 395 g/mol. The van der Waals surface area contributed by atoms with Crippen LogP contribution >= 0.6 is 0 Å². The highest BCUT2D eigenvalue weighted by molar-refractivity contribution is 6.68. The van der Waals surface area contributed by atoms with Gasteiger partial charge in [0.1, 0.15) is 6.61 Å². The van der Waals surface area contributed by atoms with Gasteiger partial charge in [-0.1, -0.05) is 13.8 Å². The van der Waals surface area contributed by atoms with E-state index < -0.39 is 14.5 Å². The smallest absolute Gasteiger partial charge is 0.395 e. The lowest BCUT2D eigenvalue weighted by molar-refractivity contribution is -0.147. The molecule has 0 rings (SSSR count).